The molecule has 5 heteroatoms. The van der Waals surface area contributed by atoms with E-state index in [1.54, 1.807) is 32.2 Å². The minimum Gasteiger partial charge on any atom is -0.399 e. The summed E-state index contributed by atoms with van der Waals surface area (Å²) >= 11 is 6.01. The molecule has 0 aliphatic rings. The summed E-state index contributed by atoms with van der Waals surface area (Å²) in [6, 6.07) is 5.23. The number of halogens is 1. The van der Waals surface area contributed by atoms with Gasteiger partial charge in [-0.25, -0.2) is 0 Å². The molecule has 0 radical (unpaired) electrons. The highest BCUT2D eigenvalue weighted by Gasteiger charge is 2.19. The zero-order chi connectivity index (χ0) is 12.9. The maximum atomic E-state index is 10.0. The molecule has 0 bridgehead atoms. The molecule has 0 spiro atoms. The molecule has 0 aliphatic carbocycles. The second kappa shape index (κ2) is 6.10. The van der Waals surface area contributed by atoms with Crippen LogP contribution in [0.4, 0.5) is 11.4 Å². The van der Waals surface area contributed by atoms with Crippen LogP contribution in [-0.4, -0.2) is 31.0 Å². The van der Waals surface area contributed by atoms with Gasteiger partial charge in [-0.2, -0.15) is 0 Å². The van der Waals surface area contributed by atoms with Crippen LogP contribution in [0, 0.1) is 0 Å². The van der Waals surface area contributed by atoms with E-state index < -0.39 is 5.60 Å². The number of rotatable bonds is 6. The summed E-state index contributed by atoms with van der Waals surface area (Å²) in [5.41, 5.74) is 6.14. The number of benzene rings is 1. The Morgan fingerprint density at radius 2 is 2.24 bits per heavy atom. The zero-order valence-corrected chi connectivity index (χ0v) is 10.9. The van der Waals surface area contributed by atoms with Crippen molar-refractivity contribution < 1.29 is 9.84 Å². The third-order valence-electron chi connectivity index (χ3n) is 2.50. The summed E-state index contributed by atoms with van der Waals surface area (Å²) in [6.45, 7) is 2.67. The van der Waals surface area contributed by atoms with E-state index in [4.69, 9.17) is 22.1 Å². The SMILES string of the molecule is COCCC(C)(O)CNc1ccc(N)cc1Cl. The molecule has 1 rings (SSSR count). The standard InChI is InChI=1S/C12H19ClN2O2/c1-12(16,5-6-17-2)8-15-11-4-3-9(14)7-10(11)13/h3-4,7,15-16H,5-6,8,14H2,1-2H3. The Kier molecular flexibility index (Phi) is 5.05. The van der Waals surface area contributed by atoms with Gasteiger partial charge >= 0.3 is 0 Å². The van der Waals surface area contributed by atoms with Gasteiger partial charge in [0.05, 0.1) is 16.3 Å². The van der Waals surface area contributed by atoms with E-state index in [2.05, 4.69) is 5.32 Å². The van der Waals surface area contributed by atoms with Gasteiger partial charge in [0.25, 0.3) is 0 Å². The third-order valence-corrected chi connectivity index (χ3v) is 2.81. The van der Waals surface area contributed by atoms with Crippen LogP contribution < -0.4 is 11.1 Å². The van der Waals surface area contributed by atoms with Gasteiger partial charge < -0.3 is 20.9 Å². The van der Waals surface area contributed by atoms with Crippen molar-refractivity contribution in [2.45, 2.75) is 18.9 Å². The number of nitrogen functional groups attached to an aromatic ring is 1. The number of hydrogen-bond donors (Lipinski definition) is 3. The number of nitrogens with two attached hydrogens (primary N) is 1. The Morgan fingerprint density at radius 3 is 2.82 bits per heavy atom. The van der Waals surface area contributed by atoms with Crippen LogP contribution in [0.1, 0.15) is 13.3 Å². The highest BCUT2D eigenvalue weighted by atomic mass is 35.5. The Labute approximate surface area is 107 Å². The summed E-state index contributed by atoms with van der Waals surface area (Å²) in [6.07, 6.45) is 0.559. The van der Waals surface area contributed by atoms with Crippen molar-refractivity contribution >= 4 is 23.0 Å². The molecule has 0 amide bonds. The first-order chi connectivity index (χ1) is 7.94. The van der Waals surface area contributed by atoms with Gasteiger partial charge in [0, 0.05) is 32.4 Å². The average molecular weight is 259 g/mol. The Morgan fingerprint density at radius 1 is 1.53 bits per heavy atom. The van der Waals surface area contributed by atoms with Crippen LogP contribution in [0.5, 0.6) is 0 Å². The summed E-state index contributed by atoms with van der Waals surface area (Å²) in [5.74, 6) is 0. The van der Waals surface area contributed by atoms with Crippen LogP contribution in [0.3, 0.4) is 0 Å². The largest absolute Gasteiger partial charge is 0.399 e. The zero-order valence-electron chi connectivity index (χ0n) is 10.2. The molecule has 96 valence electrons. The molecule has 4 nitrogen and oxygen atoms in total. The first-order valence-corrected chi connectivity index (χ1v) is 5.82. The van der Waals surface area contributed by atoms with Gasteiger partial charge in [-0.1, -0.05) is 11.6 Å². The number of methoxy groups -OCH3 is 1. The molecule has 0 aromatic heterocycles. The smallest absolute Gasteiger partial charge is 0.0813 e. The lowest BCUT2D eigenvalue weighted by molar-refractivity contribution is 0.0357. The van der Waals surface area contributed by atoms with E-state index in [9.17, 15) is 5.11 Å². The van der Waals surface area contributed by atoms with E-state index in [0.29, 0.717) is 30.3 Å². The first-order valence-electron chi connectivity index (χ1n) is 5.45. The molecular weight excluding hydrogens is 240 g/mol. The highest BCUT2D eigenvalue weighted by Crippen LogP contribution is 2.24. The van der Waals surface area contributed by atoms with Gasteiger partial charge in [0.2, 0.25) is 0 Å². The van der Waals surface area contributed by atoms with Crippen molar-refractivity contribution in [2.24, 2.45) is 0 Å². The maximum Gasteiger partial charge on any atom is 0.0813 e. The topological polar surface area (TPSA) is 67.5 Å². The van der Waals surface area contributed by atoms with E-state index in [0.717, 1.165) is 5.69 Å². The normalized spacial score (nSPS) is 14.4. The molecule has 1 aromatic rings. The molecular formula is C12H19ClN2O2. The van der Waals surface area contributed by atoms with E-state index in [1.165, 1.54) is 0 Å². The molecule has 17 heavy (non-hydrogen) atoms. The second-order valence-electron chi connectivity index (χ2n) is 4.33. The fourth-order valence-corrected chi connectivity index (χ4v) is 1.63. The number of anilines is 2. The fourth-order valence-electron chi connectivity index (χ4n) is 1.37. The van der Waals surface area contributed by atoms with Crippen LogP contribution in [0.2, 0.25) is 5.02 Å². The molecule has 0 saturated carbocycles. The van der Waals surface area contributed by atoms with Crippen LogP contribution in [0.25, 0.3) is 0 Å². The van der Waals surface area contributed by atoms with Crippen molar-refractivity contribution in [3.05, 3.63) is 23.2 Å². The van der Waals surface area contributed by atoms with Crippen molar-refractivity contribution in [3.8, 4) is 0 Å². The maximum absolute atomic E-state index is 10.0. The summed E-state index contributed by atoms with van der Waals surface area (Å²) in [4.78, 5) is 0. The molecule has 1 atom stereocenters. The Balaban J connectivity index is 2.54. The van der Waals surface area contributed by atoms with E-state index >= 15 is 0 Å². The molecule has 0 heterocycles. The predicted octanol–water partition coefficient (Wildman–Crippen LogP) is 2.12. The average Bonchev–Trinajstić information content (AvgIpc) is 2.25. The van der Waals surface area contributed by atoms with E-state index in [1.807, 2.05) is 0 Å². The monoisotopic (exact) mass is 258 g/mol. The van der Waals surface area contributed by atoms with Gasteiger partial charge in [0.1, 0.15) is 0 Å². The van der Waals surface area contributed by atoms with E-state index in [-0.39, 0.29) is 0 Å². The third kappa shape index (κ3) is 4.81. The van der Waals surface area contributed by atoms with Crippen molar-refractivity contribution in [2.75, 3.05) is 31.3 Å². The first kappa shape index (κ1) is 14.1. The Bertz CT molecular complexity index is 370. The predicted molar refractivity (Wildman–Crippen MR) is 71.5 cm³/mol. The molecule has 1 unspecified atom stereocenters. The van der Waals surface area contributed by atoms with Crippen LogP contribution in [0.15, 0.2) is 18.2 Å². The lowest BCUT2D eigenvalue weighted by Crippen LogP contribution is -2.34. The van der Waals surface area contributed by atoms with Crippen molar-refractivity contribution in [1.29, 1.82) is 0 Å². The molecule has 4 N–H and O–H groups in total. The highest BCUT2D eigenvalue weighted by molar-refractivity contribution is 6.33. The number of aliphatic hydroxyl groups is 1. The van der Waals surface area contributed by atoms with Gasteiger partial charge in [-0.05, 0) is 25.1 Å². The second-order valence-corrected chi connectivity index (χ2v) is 4.74. The summed E-state index contributed by atoms with van der Waals surface area (Å²) in [7, 11) is 1.61. The lowest BCUT2D eigenvalue weighted by Gasteiger charge is -2.24. The van der Waals surface area contributed by atoms with Gasteiger partial charge in [-0.15, -0.1) is 0 Å². The quantitative estimate of drug-likeness (QED) is 0.684. The van der Waals surface area contributed by atoms with Gasteiger partial charge in [-0.3, -0.25) is 0 Å². The molecule has 0 fully saturated rings. The number of nitrogens with one attached hydrogen (secondary N) is 1. The fraction of sp³-hybridized carbons (Fsp3) is 0.500. The van der Waals surface area contributed by atoms with Crippen LogP contribution in [-0.2, 0) is 4.74 Å². The number of hydrogen-bond acceptors (Lipinski definition) is 4. The molecule has 0 aliphatic heterocycles. The Hall–Kier alpha value is -0.970. The minimum absolute atomic E-state index is 0.403. The number of ether oxygens (including phenoxy) is 1. The molecule has 1 aromatic carbocycles. The minimum atomic E-state index is -0.833. The summed E-state index contributed by atoms with van der Waals surface area (Å²) < 4.78 is 4.94. The van der Waals surface area contributed by atoms with Crippen molar-refractivity contribution in [1.82, 2.24) is 0 Å². The van der Waals surface area contributed by atoms with Crippen molar-refractivity contribution in [3.63, 3.8) is 0 Å². The summed E-state index contributed by atoms with van der Waals surface area (Å²) in [5, 5.41) is 13.7. The van der Waals surface area contributed by atoms with Gasteiger partial charge in [0.15, 0.2) is 0 Å². The molecule has 0 saturated heterocycles. The van der Waals surface area contributed by atoms with Crippen LogP contribution >= 0.6 is 11.6 Å². The lowest BCUT2D eigenvalue weighted by atomic mass is 10.0.